The quantitative estimate of drug-likeness (QED) is 0.512. The molecule has 0 unspecified atom stereocenters. The number of halogens is 1. The Morgan fingerprint density at radius 2 is 1.83 bits per heavy atom. The highest BCUT2D eigenvalue weighted by Crippen LogP contribution is 2.24. The molecule has 0 aliphatic carbocycles. The fourth-order valence-corrected chi connectivity index (χ4v) is 3.75. The second-order valence-corrected chi connectivity index (χ2v) is 7.52. The van der Waals surface area contributed by atoms with Crippen LogP contribution in [0.2, 0.25) is 0 Å². The number of nitrogens with zero attached hydrogens (tertiary/aromatic N) is 5. The summed E-state index contributed by atoms with van der Waals surface area (Å²) >= 11 is 0. The lowest BCUT2D eigenvalue weighted by atomic mass is 10.2. The first-order valence-electron chi connectivity index (χ1n) is 10.1. The maximum atomic E-state index is 13.5. The van der Waals surface area contributed by atoms with Crippen molar-refractivity contribution in [3.63, 3.8) is 0 Å². The molecule has 152 valence electrons. The number of benzene rings is 2. The van der Waals surface area contributed by atoms with Crippen molar-refractivity contribution in [2.24, 2.45) is 0 Å². The van der Waals surface area contributed by atoms with Crippen LogP contribution in [0, 0.1) is 12.7 Å². The summed E-state index contributed by atoms with van der Waals surface area (Å²) in [5.41, 5.74) is 2.51. The van der Waals surface area contributed by atoms with E-state index in [0.717, 1.165) is 54.5 Å². The van der Waals surface area contributed by atoms with Crippen LogP contribution in [0.15, 0.2) is 59.1 Å². The molecule has 1 fully saturated rings. The molecule has 1 aliphatic rings. The molecule has 0 spiro atoms. The minimum absolute atomic E-state index is 0.295. The minimum atomic E-state index is -0.295. The Bertz CT molecular complexity index is 1180. The van der Waals surface area contributed by atoms with Gasteiger partial charge in [0.05, 0.1) is 11.2 Å². The van der Waals surface area contributed by atoms with Crippen molar-refractivity contribution in [3.8, 4) is 11.5 Å². The number of piperazine rings is 1. The summed E-state index contributed by atoms with van der Waals surface area (Å²) in [6, 6.07) is 14.4. The average Bonchev–Trinajstić information content (AvgIpc) is 3.14. The van der Waals surface area contributed by atoms with Gasteiger partial charge in [0.2, 0.25) is 11.8 Å². The predicted molar refractivity (Wildman–Crippen MR) is 114 cm³/mol. The van der Waals surface area contributed by atoms with E-state index in [1.807, 2.05) is 37.4 Å². The highest BCUT2D eigenvalue weighted by Gasteiger charge is 2.21. The number of aryl methyl sites for hydroxylation is 1. The van der Waals surface area contributed by atoms with Gasteiger partial charge in [0, 0.05) is 49.9 Å². The summed E-state index contributed by atoms with van der Waals surface area (Å²) in [7, 11) is 0. The number of fused-ring (bicyclic) bond motifs is 1. The van der Waals surface area contributed by atoms with Crippen LogP contribution < -0.4 is 4.90 Å². The van der Waals surface area contributed by atoms with E-state index in [0.29, 0.717) is 18.0 Å². The molecule has 0 N–H and O–H groups in total. The van der Waals surface area contributed by atoms with Gasteiger partial charge >= 0.3 is 0 Å². The van der Waals surface area contributed by atoms with Crippen LogP contribution >= 0.6 is 0 Å². The van der Waals surface area contributed by atoms with E-state index in [-0.39, 0.29) is 5.82 Å². The zero-order chi connectivity index (χ0) is 20.5. The summed E-state index contributed by atoms with van der Waals surface area (Å²) in [6.07, 6.45) is 1.89. The van der Waals surface area contributed by atoms with E-state index in [1.165, 1.54) is 12.1 Å². The van der Waals surface area contributed by atoms with Gasteiger partial charge in [-0.1, -0.05) is 24.3 Å². The summed E-state index contributed by atoms with van der Waals surface area (Å²) in [6.45, 7) is 6.09. The maximum Gasteiger partial charge on any atom is 0.226 e. The van der Waals surface area contributed by atoms with E-state index in [9.17, 15) is 4.39 Å². The Morgan fingerprint density at radius 1 is 1.00 bits per heavy atom. The molecule has 7 heteroatoms. The zero-order valence-corrected chi connectivity index (χ0v) is 16.8. The Hall–Kier alpha value is -3.32. The average molecular weight is 403 g/mol. The minimum Gasteiger partial charge on any atom is -0.441 e. The van der Waals surface area contributed by atoms with Crippen molar-refractivity contribution >= 4 is 16.9 Å². The molecule has 2 aromatic heterocycles. The Morgan fingerprint density at radius 3 is 2.67 bits per heavy atom. The second kappa shape index (κ2) is 7.84. The van der Waals surface area contributed by atoms with Crippen molar-refractivity contribution in [1.82, 2.24) is 19.9 Å². The van der Waals surface area contributed by atoms with Crippen molar-refractivity contribution in [1.29, 1.82) is 0 Å². The van der Waals surface area contributed by atoms with Gasteiger partial charge in [-0.3, -0.25) is 4.90 Å². The highest BCUT2D eigenvalue weighted by atomic mass is 19.1. The van der Waals surface area contributed by atoms with Crippen LogP contribution in [0.3, 0.4) is 0 Å². The van der Waals surface area contributed by atoms with Crippen LogP contribution in [0.1, 0.15) is 11.5 Å². The largest absolute Gasteiger partial charge is 0.441 e. The topological polar surface area (TPSA) is 58.3 Å². The Balaban J connectivity index is 1.25. The Kier molecular flexibility index (Phi) is 4.88. The summed E-state index contributed by atoms with van der Waals surface area (Å²) < 4.78 is 19.3. The third-order valence-corrected chi connectivity index (χ3v) is 5.47. The van der Waals surface area contributed by atoms with Crippen LogP contribution in [-0.4, -0.2) is 46.0 Å². The standard InChI is InChI=1S/C23H22FN5O/c1-16-21(26-22(30-16)17-6-4-7-19(24)13-17)15-28-9-11-29(12-10-28)23-25-14-18-5-2-3-8-20(18)27-23/h2-8,13-14H,9-12,15H2,1H3. The molecular formula is C23H22FN5O. The normalized spacial score (nSPS) is 15.1. The summed E-state index contributed by atoms with van der Waals surface area (Å²) in [5.74, 6) is 1.72. The smallest absolute Gasteiger partial charge is 0.226 e. The highest BCUT2D eigenvalue weighted by molar-refractivity contribution is 5.78. The third-order valence-electron chi connectivity index (χ3n) is 5.47. The molecular weight excluding hydrogens is 381 g/mol. The monoisotopic (exact) mass is 403 g/mol. The molecule has 0 atom stereocenters. The molecule has 0 saturated carbocycles. The molecule has 3 heterocycles. The molecule has 1 saturated heterocycles. The second-order valence-electron chi connectivity index (χ2n) is 7.52. The molecule has 2 aromatic carbocycles. The van der Waals surface area contributed by atoms with Crippen molar-refractivity contribution < 1.29 is 8.81 Å². The number of rotatable bonds is 4. The number of hydrogen-bond donors (Lipinski definition) is 0. The van der Waals surface area contributed by atoms with E-state index < -0.39 is 0 Å². The van der Waals surface area contributed by atoms with Crippen molar-refractivity contribution in [3.05, 3.63) is 72.0 Å². The number of para-hydroxylation sites is 1. The van der Waals surface area contributed by atoms with Gasteiger partial charge in [-0.2, -0.15) is 0 Å². The lowest BCUT2D eigenvalue weighted by Gasteiger charge is -2.34. The first-order valence-corrected chi connectivity index (χ1v) is 10.1. The lowest BCUT2D eigenvalue weighted by Crippen LogP contribution is -2.46. The van der Waals surface area contributed by atoms with Gasteiger partial charge < -0.3 is 9.32 Å². The van der Waals surface area contributed by atoms with Gasteiger partial charge in [-0.05, 0) is 31.2 Å². The molecule has 5 rings (SSSR count). The molecule has 4 aromatic rings. The first-order chi connectivity index (χ1) is 14.7. The number of aromatic nitrogens is 3. The molecule has 6 nitrogen and oxygen atoms in total. The van der Waals surface area contributed by atoms with Gasteiger partial charge in [0.25, 0.3) is 0 Å². The maximum absolute atomic E-state index is 13.5. The lowest BCUT2D eigenvalue weighted by molar-refractivity contribution is 0.245. The van der Waals surface area contributed by atoms with Gasteiger partial charge in [-0.25, -0.2) is 19.3 Å². The van der Waals surface area contributed by atoms with Crippen molar-refractivity contribution in [2.45, 2.75) is 13.5 Å². The number of hydrogen-bond acceptors (Lipinski definition) is 6. The number of oxazole rings is 1. The molecule has 0 radical (unpaired) electrons. The van der Waals surface area contributed by atoms with Gasteiger partial charge in [-0.15, -0.1) is 0 Å². The fraction of sp³-hybridized carbons (Fsp3) is 0.261. The van der Waals surface area contributed by atoms with Crippen molar-refractivity contribution in [2.75, 3.05) is 31.1 Å². The van der Waals surface area contributed by atoms with Gasteiger partial charge in [0.1, 0.15) is 11.6 Å². The van der Waals surface area contributed by atoms with Crippen LogP contribution in [-0.2, 0) is 6.54 Å². The fourth-order valence-electron chi connectivity index (χ4n) is 3.75. The molecule has 30 heavy (non-hydrogen) atoms. The first kappa shape index (κ1) is 18.7. The van der Waals surface area contributed by atoms with E-state index in [2.05, 4.69) is 19.8 Å². The third kappa shape index (κ3) is 3.76. The van der Waals surface area contributed by atoms with Crippen LogP contribution in [0.4, 0.5) is 10.3 Å². The predicted octanol–water partition coefficient (Wildman–Crippen LogP) is 4.05. The summed E-state index contributed by atoms with van der Waals surface area (Å²) in [4.78, 5) is 18.4. The molecule has 0 bridgehead atoms. The molecule has 1 aliphatic heterocycles. The summed E-state index contributed by atoms with van der Waals surface area (Å²) in [5, 5.41) is 1.05. The van der Waals surface area contributed by atoms with E-state index >= 15 is 0 Å². The Labute approximate surface area is 174 Å². The van der Waals surface area contributed by atoms with Crippen LogP contribution in [0.5, 0.6) is 0 Å². The zero-order valence-electron chi connectivity index (χ0n) is 16.8. The van der Waals surface area contributed by atoms with Gasteiger partial charge in [0.15, 0.2) is 0 Å². The van der Waals surface area contributed by atoms with Crippen LogP contribution in [0.25, 0.3) is 22.4 Å². The molecule has 0 amide bonds. The van der Waals surface area contributed by atoms with E-state index in [1.54, 1.807) is 12.1 Å². The van der Waals surface area contributed by atoms with E-state index in [4.69, 9.17) is 9.40 Å². The number of anilines is 1. The SMILES string of the molecule is Cc1oc(-c2cccc(F)c2)nc1CN1CCN(c2ncc3ccccc3n2)CC1.